The lowest BCUT2D eigenvalue weighted by molar-refractivity contribution is 0.614. The van der Waals surface area contributed by atoms with Crippen molar-refractivity contribution in [2.45, 2.75) is 5.75 Å². The summed E-state index contributed by atoms with van der Waals surface area (Å²) in [4.78, 5) is 0. The standard InChI is InChI=1S/C25H18BrNO2S/c26-23-7-3-1-5-20(23)18-11-14-25-22(15-18)21-6-2-4-8-24(21)27(25)19-12-9-17(10-13-19)16-30(28)29/h1-15,30H,16H2. The minimum atomic E-state index is -2.43. The van der Waals surface area contributed by atoms with Gasteiger partial charge in [0, 0.05) is 20.9 Å². The molecule has 0 atom stereocenters. The molecule has 0 aliphatic heterocycles. The van der Waals surface area contributed by atoms with Gasteiger partial charge in [0.25, 0.3) is 0 Å². The Morgan fingerprint density at radius 2 is 1.43 bits per heavy atom. The van der Waals surface area contributed by atoms with Gasteiger partial charge >= 0.3 is 0 Å². The van der Waals surface area contributed by atoms with Gasteiger partial charge in [-0.2, -0.15) is 0 Å². The zero-order valence-corrected chi connectivity index (χ0v) is 18.4. The molecule has 5 aromatic rings. The number of halogens is 1. The van der Waals surface area contributed by atoms with Crippen molar-refractivity contribution in [1.82, 2.24) is 4.57 Å². The zero-order valence-electron chi connectivity index (χ0n) is 16.0. The zero-order chi connectivity index (χ0) is 20.7. The van der Waals surface area contributed by atoms with Crippen molar-refractivity contribution in [1.29, 1.82) is 0 Å². The van der Waals surface area contributed by atoms with Crippen LogP contribution in [0.15, 0.2) is 95.5 Å². The third-order valence-corrected chi connectivity index (χ3v) is 6.68. The molecule has 0 spiro atoms. The summed E-state index contributed by atoms with van der Waals surface area (Å²) in [5.41, 5.74) is 6.38. The number of nitrogens with zero attached hydrogens (tertiary/aromatic N) is 1. The van der Waals surface area contributed by atoms with Gasteiger partial charge in [-0.25, -0.2) is 8.42 Å². The molecule has 0 N–H and O–H groups in total. The molecule has 0 radical (unpaired) electrons. The first kappa shape index (κ1) is 19.1. The maximum absolute atomic E-state index is 11.0. The average molecular weight is 476 g/mol. The maximum Gasteiger partial charge on any atom is 0.144 e. The molecule has 0 aliphatic carbocycles. The Labute approximate surface area is 184 Å². The monoisotopic (exact) mass is 475 g/mol. The van der Waals surface area contributed by atoms with E-state index in [9.17, 15) is 8.42 Å². The summed E-state index contributed by atoms with van der Waals surface area (Å²) in [6.07, 6.45) is 0. The number of rotatable bonds is 4. The minimum absolute atomic E-state index is 0.0676. The predicted molar refractivity (Wildman–Crippen MR) is 128 cm³/mol. The van der Waals surface area contributed by atoms with Gasteiger partial charge in [-0.05, 0) is 53.1 Å². The van der Waals surface area contributed by atoms with Gasteiger partial charge in [-0.1, -0.05) is 70.5 Å². The highest BCUT2D eigenvalue weighted by atomic mass is 79.9. The molecule has 148 valence electrons. The van der Waals surface area contributed by atoms with Crippen LogP contribution in [0.4, 0.5) is 0 Å². The van der Waals surface area contributed by atoms with Crippen molar-refractivity contribution < 1.29 is 8.42 Å². The summed E-state index contributed by atoms with van der Waals surface area (Å²) in [5, 5.41) is 2.37. The third kappa shape index (κ3) is 3.34. The third-order valence-electron chi connectivity index (χ3n) is 5.36. The Bertz CT molecular complexity index is 1460. The van der Waals surface area contributed by atoms with Crippen LogP contribution in [0.25, 0.3) is 38.6 Å². The number of thiol groups is 1. The summed E-state index contributed by atoms with van der Waals surface area (Å²) in [7, 11) is -2.43. The maximum atomic E-state index is 11.0. The molecule has 30 heavy (non-hydrogen) atoms. The second-order valence-electron chi connectivity index (χ2n) is 7.22. The van der Waals surface area contributed by atoms with Gasteiger partial charge in [0.1, 0.15) is 10.7 Å². The van der Waals surface area contributed by atoms with E-state index < -0.39 is 10.7 Å². The number of hydrogen-bond acceptors (Lipinski definition) is 2. The second kappa shape index (κ2) is 7.74. The smallest absolute Gasteiger partial charge is 0.144 e. The first-order valence-corrected chi connectivity index (χ1v) is 11.8. The molecule has 0 amide bonds. The number of hydrogen-bond donors (Lipinski definition) is 1. The Balaban J connectivity index is 1.73. The van der Waals surface area contributed by atoms with Crippen molar-refractivity contribution in [3.8, 4) is 16.8 Å². The lowest BCUT2D eigenvalue weighted by atomic mass is 10.0. The first-order valence-electron chi connectivity index (χ1n) is 9.61. The van der Waals surface area contributed by atoms with E-state index in [1.807, 2.05) is 42.5 Å². The molecule has 0 saturated heterocycles. The largest absolute Gasteiger partial charge is 0.309 e. The van der Waals surface area contributed by atoms with Crippen LogP contribution in [0.3, 0.4) is 0 Å². The van der Waals surface area contributed by atoms with Gasteiger partial charge in [-0.15, -0.1) is 0 Å². The van der Waals surface area contributed by atoms with E-state index in [0.29, 0.717) is 0 Å². The molecule has 5 rings (SSSR count). The van der Waals surface area contributed by atoms with Gasteiger partial charge in [0.2, 0.25) is 0 Å². The van der Waals surface area contributed by atoms with Crippen LogP contribution in [0.1, 0.15) is 5.56 Å². The number of para-hydroxylation sites is 1. The fraction of sp³-hybridized carbons (Fsp3) is 0.0400. The molecule has 0 saturated carbocycles. The number of benzene rings is 4. The fourth-order valence-corrected chi connectivity index (χ4v) is 5.04. The lowest BCUT2D eigenvalue weighted by Gasteiger charge is -2.09. The van der Waals surface area contributed by atoms with E-state index in [1.165, 1.54) is 10.8 Å². The Morgan fingerprint density at radius 1 is 0.733 bits per heavy atom. The summed E-state index contributed by atoms with van der Waals surface area (Å²) in [5.74, 6) is 0.0676. The minimum Gasteiger partial charge on any atom is -0.309 e. The molecular formula is C25H18BrNO2S. The highest BCUT2D eigenvalue weighted by Gasteiger charge is 2.13. The SMILES string of the molecule is O=[SH](=O)Cc1ccc(-n2c3ccccc3c3cc(-c4ccccc4Br)ccc32)cc1. The van der Waals surface area contributed by atoms with E-state index in [-0.39, 0.29) is 5.75 Å². The van der Waals surface area contributed by atoms with E-state index in [0.717, 1.165) is 37.9 Å². The van der Waals surface area contributed by atoms with Crippen LogP contribution in [0.5, 0.6) is 0 Å². The summed E-state index contributed by atoms with van der Waals surface area (Å²) in [6, 6.07) is 30.9. The van der Waals surface area contributed by atoms with Crippen LogP contribution >= 0.6 is 15.9 Å². The van der Waals surface area contributed by atoms with Crippen molar-refractivity contribution in [3.05, 3.63) is 101 Å². The van der Waals surface area contributed by atoms with Crippen LogP contribution in [-0.4, -0.2) is 13.0 Å². The van der Waals surface area contributed by atoms with Gasteiger partial charge in [0.15, 0.2) is 0 Å². The Morgan fingerprint density at radius 3 is 2.20 bits per heavy atom. The lowest BCUT2D eigenvalue weighted by Crippen LogP contribution is -1.95. The molecule has 1 aromatic heterocycles. The average Bonchev–Trinajstić information content (AvgIpc) is 3.08. The van der Waals surface area contributed by atoms with Gasteiger partial charge in [-0.3, -0.25) is 0 Å². The summed E-state index contributed by atoms with van der Waals surface area (Å²) in [6.45, 7) is 0. The van der Waals surface area contributed by atoms with Crippen LogP contribution < -0.4 is 0 Å². The molecule has 3 nitrogen and oxygen atoms in total. The van der Waals surface area contributed by atoms with Crippen molar-refractivity contribution in [2.75, 3.05) is 0 Å². The molecule has 0 aliphatic rings. The second-order valence-corrected chi connectivity index (χ2v) is 9.06. The Hall–Kier alpha value is -2.89. The molecule has 0 unspecified atom stereocenters. The normalized spacial score (nSPS) is 11.5. The molecular weight excluding hydrogens is 458 g/mol. The van der Waals surface area contributed by atoms with E-state index in [2.05, 4.69) is 69.0 Å². The summed E-state index contributed by atoms with van der Waals surface area (Å²) >= 11 is 3.66. The van der Waals surface area contributed by atoms with Crippen molar-refractivity contribution >= 4 is 48.4 Å². The number of fused-ring (bicyclic) bond motifs is 3. The molecule has 5 heteroatoms. The van der Waals surface area contributed by atoms with Crippen LogP contribution in [-0.2, 0) is 16.5 Å². The number of aromatic nitrogens is 1. The summed E-state index contributed by atoms with van der Waals surface area (Å²) < 4.78 is 25.4. The predicted octanol–water partition coefficient (Wildman–Crippen LogP) is 6.32. The topological polar surface area (TPSA) is 39.1 Å². The molecule has 1 heterocycles. The quantitative estimate of drug-likeness (QED) is 0.308. The molecule has 0 bridgehead atoms. The fourth-order valence-electron chi connectivity index (χ4n) is 4.01. The highest BCUT2D eigenvalue weighted by molar-refractivity contribution is 9.10. The first-order chi connectivity index (χ1) is 14.6. The van der Waals surface area contributed by atoms with Gasteiger partial charge < -0.3 is 4.57 Å². The van der Waals surface area contributed by atoms with Crippen LogP contribution in [0.2, 0.25) is 0 Å². The van der Waals surface area contributed by atoms with Crippen molar-refractivity contribution in [2.24, 2.45) is 0 Å². The van der Waals surface area contributed by atoms with E-state index >= 15 is 0 Å². The van der Waals surface area contributed by atoms with Crippen molar-refractivity contribution in [3.63, 3.8) is 0 Å². The highest BCUT2D eigenvalue weighted by Crippen LogP contribution is 2.36. The Kier molecular flexibility index (Phi) is 4.93. The molecule has 0 fully saturated rings. The van der Waals surface area contributed by atoms with Gasteiger partial charge in [0.05, 0.1) is 16.8 Å². The van der Waals surface area contributed by atoms with E-state index in [4.69, 9.17) is 0 Å². The van der Waals surface area contributed by atoms with E-state index in [1.54, 1.807) is 0 Å². The molecule has 4 aromatic carbocycles. The van der Waals surface area contributed by atoms with Crippen LogP contribution in [0, 0.1) is 0 Å².